The number of hydrogen-bond acceptors (Lipinski definition) is 11. The molecule has 0 saturated heterocycles. The van der Waals surface area contributed by atoms with E-state index >= 15 is 0 Å². The summed E-state index contributed by atoms with van der Waals surface area (Å²) in [4.78, 5) is 49.8. The summed E-state index contributed by atoms with van der Waals surface area (Å²) in [6, 6.07) is 3.31. The molecule has 6 atom stereocenters. The second-order valence-corrected chi connectivity index (χ2v) is 11.7. The van der Waals surface area contributed by atoms with Crippen LogP contribution in [0.2, 0.25) is 0 Å². The zero-order valence-corrected chi connectivity index (χ0v) is 26.8. The number of hydrogen-bond donors (Lipinski definition) is 1. The number of carbonyl (C=O) groups excluding carboxylic acids is 4. The van der Waals surface area contributed by atoms with Crippen molar-refractivity contribution in [2.24, 2.45) is 29.4 Å². The Morgan fingerprint density at radius 3 is 1.50 bits per heavy atom. The standard InChI is InChI=1S/C31H49NO10/c1-16(2)19(7)28(33)37-22(10)23(11)38-29(34)25(32)14-24-12-13-26(41-30(35)39-20(8)17(3)4)27(15-24)42-31(36)40-21(9)18(5)6/h12-13,15-23,25H,14,32H2,1-11H3/t19?,20?,21?,22-,23-,25-/m0/s1. The summed E-state index contributed by atoms with van der Waals surface area (Å²) < 4.78 is 32.1. The fourth-order valence-corrected chi connectivity index (χ4v) is 3.01. The predicted octanol–water partition coefficient (Wildman–Crippen LogP) is 5.83. The fourth-order valence-electron chi connectivity index (χ4n) is 3.01. The molecule has 0 radical (unpaired) electrons. The summed E-state index contributed by atoms with van der Waals surface area (Å²) in [5.74, 6) is -1.36. The average Bonchev–Trinajstić information content (AvgIpc) is 2.88. The second-order valence-electron chi connectivity index (χ2n) is 11.7. The summed E-state index contributed by atoms with van der Waals surface area (Å²) in [7, 11) is 0. The van der Waals surface area contributed by atoms with E-state index in [-0.39, 0.29) is 47.6 Å². The predicted molar refractivity (Wildman–Crippen MR) is 156 cm³/mol. The molecule has 238 valence electrons. The van der Waals surface area contributed by atoms with Crippen LogP contribution in [-0.2, 0) is 35.0 Å². The average molecular weight is 596 g/mol. The Bertz CT molecular complexity index is 1050. The van der Waals surface area contributed by atoms with E-state index in [1.807, 2.05) is 41.5 Å². The van der Waals surface area contributed by atoms with Crippen molar-refractivity contribution in [3.63, 3.8) is 0 Å². The van der Waals surface area contributed by atoms with Gasteiger partial charge in [-0.1, -0.05) is 54.5 Å². The van der Waals surface area contributed by atoms with Crippen molar-refractivity contribution in [3.8, 4) is 11.5 Å². The van der Waals surface area contributed by atoms with Crippen LogP contribution in [-0.4, -0.2) is 54.7 Å². The molecule has 0 aromatic heterocycles. The minimum atomic E-state index is -1.09. The van der Waals surface area contributed by atoms with Crippen molar-refractivity contribution in [3.05, 3.63) is 23.8 Å². The molecule has 0 aliphatic rings. The van der Waals surface area contributed by atoms with E-state index in [1.54, 1.807) is 40.7 Å². The lowest BCUT2D eigenvalue weighted by atomic mass is 9.98. The summed E-state index contributed by atoms with van der Waals surface area (Å²) in [5.41, 5.74) is 6.61. The topological polar surface area (TPSA) is 150 Å². The van der Waals surface area contributed by atoms with E-state index in [0.29, 0.717) is 5.56 Å². The lowest BCUT2D eigenvalue weighted by Gasteiger charge is -2.24. The summed E-state index contributed by atoms with van der Waals surface area (Å²) in [6.45, 7) is 19.9. The largest absolute Gasteiger partial charge is 0.514 e. The molecule has 1 rings (SSSR count). The fraction of sp³-hybridized carbons (Fsp3) is 0.677. The van der Waals surface area contributed by atoms with Crippen LogP contribution in [0.15, 0.2) is 18.2 Å². The van der Waals surface area contributed by atoms with Crippen LogP contribution in [0.25, 0.3) is 0 Å². The van der Waals surface area contributed by atoms with Crippen LogP contribution in [0.3, 0.4) is 0 Å². The molecule has 0 spiro atoms. The molecule has 0 saturated carbocycles. The maximum Gasteiger partial charge on any atom is 0.514 e. The van der Waals surface area contributed by atoms with Gasteiger partial charge in [-0.15, -0.1) is 0 Å². The number of benzene rings is 1. The van der Waals surface area contributed by atoms with Crippen molar-refractivity contribution >= 4 is 24.2 Å². The Kier molecular flexibility index (Phi) is 14.8. The molecule has 11 nitrogen and oxygen atoms in total. The third kappa shape index (κ3) is 12.3. The van der Waals surface area contributed by atoms with Crippen LogP contribution in [0, 0.1) is 23.7 Å². The third-order valence-electron chi connectivity index (χ3n) is 7.23. The lowest BCUT2D eigenvalue weighted by Crippen LogP contribution is -2.40. The highest BCUT2D eigenvalue weighted by Crippen LogP contribution is 2.30. The van der Waals surface area contributed by atoms with Crippen molar-refractivity contribution in [2.45, 2.75) is 113 Å². The molecule has 11 heteroatoms. The Balaban J connectivity index is 3.01. The smallest absolute Gasteiger partial charge is 0.459 e. The van der Waals surface area contributed by atoms with Gasteiger partial charge >= 0.3 is 24.2 Å². The Hall–Kier alpha value is -3.34. The van der Waals surface area contributed by atoms with Gasteiger partial charge in [0.05, 0.1) is 5.92 Å². The normalized spacial score (nSPS) is 15.7. The third-order valence-corrected chi connectivity index (χ3v) is 7.23. The molecule has 1 aromatic rings. The number of rotatable bonds is 14. The Morgan fingerprint density at radius 1 is 0.595 bits per heavy atom. The first-order valence-corrected chi connectivity index (χ1v) is 14.5. The Labute approximate surface area is 249 Å². The van der Waals surface area contributed by atoms with Gasteiger partial charge in [0.1, 0.15) is 30.5 Å². The monoisotopic (exact) mass is 595 g/mol. The molecular formula is C31H49NO10. The minimum absolute atomic E-state index is 0.00696. The molecule has 0 fully saturated rings. The van der Waals surface area contributed by atoms with Crippen molar-refractivity contribution in [1.82, 2.24) is 0 Å². The second kappa shape index (κ2) is 16.9. The van der Waals surface area contributed by atoms with E-state index in [2.05, 4.69) is 0 Å². The SMILES string of the molecule is CC(C)C(C)OC(=O)Oc1ccc(C[C@H](N)C(=O)O[C@@H](C)[C@H](C)OC(=O)C(C)C(C)C)cc1OC(=O)OC(C)C(C)C. The zero-order chi connectivity index (χ0) is 32.3. The van der Waals surface area contributed by atoms with E-state index in [4.69, 9.17) is 34.2 Å². The molecule has 3 unspecified atom stereocenters. The van der Waals surface area contributed by atoms with Gasteiger partial charge in [0, 0.05) is 0 Å². The van der Waals surface area contributed by atoms with E-state index in [9.17, 15) is 19.2 Å². The lowest BCUT2D eigenvalue weighted by molar-refractivity contribution is -0.169. The van der Waals surface area contributed by atoms with Crippen LogP contribution in [0.5, 0.6) is 11.5 Å². The van der Waals surface area contributed by atoms with Gasteiger partial charge in [-0.05, 0) is 69.6 Å². The molecule has 0 bridgehead atoms. The maximum atomic E-state index is 12.7. The number of esters is 2. The molecular weight excluding hydrogens is 546 g/mol. The first kappa shape index (κ1) is 36.7. The van der Waals surface area contributed by atoms with Gasteiger partial charge in [0.25, 0.3) is 0 Å². The minimum Gasteiger partial charge on any atom is -0.459 e. The van der Waals surface area contributed by atoms with Crippen LogP contribution < -0.4 is 15.2 Å². The summed E-state index contributed by atoms with van der Waals surface area (Å²) in [6.07, 6.45) is -4.20. The Morgan fingerprint density at radius 2 is 1.05 bits per heavy atom. The van der Waals surface area contributed by atoms with E-state index < -0.39 is 48.7 Å². The van der Waals surface area contributed by atoms with E-state index in [1.165, 1.54) is 12.1 Å². The quantitative estimate of drug-likeness (QED) is 0.157. The highest BCUT2D eigenvalue weighted by molar-refractivity contribution is 5.76. The first-order valence-electron chi connectivity index (χ1n) is 14.5. The summed E-state index contributed by atoms with van der Waals surface area (Å²) >= 11 is 0. The molecule has 1 aromatic carbocycles. The highest BCUT2D eigenvalue weighted by atomic mass is 16.8. The van der Waals surface area contributed by atoms with Gasteiger partial charge in [-0.2, -0.15) is 0 Å². The van der Waals surface area contributed by atoms with Crippen LogP contribution >= 0.6 is 0 Å². The molecule has 0 amide bonds. The van der Waals surface area contributed by atoms with Crippen molar-refractivity contribution < 1.29 is 47.6 Å². The molecule has 42 heavy (non-hydrogen) atoms. The van der Waals surface area contributed by atoms with Gasteiger partial charge in [0.15, 0.2) is 11.5 Å². The van der Waals surface area contributed by atoms with E-state index in [0.717, 1.165) is 0 Å². The van der Waals surface area contributed by atoms with Crippen molar-refractivity contribution in [1.29, 1.82) is 0 Å². The number of carbonyl (C=O) groups is 4. The van der Waals surface area contributed by atoms with Gasteiger partial charge in [-0.25, -0.2) is 9.59 Å². The van der Waals surface area contributed by atoms with Gasteiger partial charge < -0.3 is 34.2 Å². The first-order chi connectivity index (χ1) is 19.4. The zero-order valence-electron chi connectivity index (χ0n) is 26.8. The molecule has 0 heterocycles. The van der Waals surface area contributed by atoms with Gasteiger partial charge in [0.2, 0.25) is 0 Å². The van der Waals surface area contributed by atoms with Crippen LogP contribution in [0.1, 0.15) is 81.7 Å². The maximum absolute atomic E-state index is 12.7. The molecule has 0 aliphatic heterocycles. The van der Waals surface area contributed by atoms with Gasteiger partial charge in [-0.3, -0.25) is 9.59 Å². The molecule has 0 aliphatic carbocycles. The highest BCUT2D eigenvalue weighted by Gasteiger charge is 2.28. The molecule has 2 N–H and O–H groups in total. The van der Waals surface area contributed by atoms with Crippen molar-refractivity contribution in [2.75, 3.05) is 0 Å². The summed E-state index contributed by atoms with van der Waals surface area (Å²) in [5, 5.41) is 0. The number of ether oxygens (including phenoxy) is 6. The van der Waals surface area contributed by atoms with Crippen LogP contribution in [0.4, 0.5) is 9.59 Å². The number of nitrogens with two attached hydrogens (primary N) is 1.